The molecule has 36 heavy (non-hydrogen) atoms. The molecule has 1 N–H and O–H groups in total. The van der Waals surface area contributed by atoms with Crippen molar-refractivity contribution in [2.45, 2.75) is 13.0 Å². The van der Waals surface area contributed by atoms with Gasteiger partial charge in [0.2, 0.25) is 5.78 Å². The topological polar surface area (TPSA) is 87.4 Å². The number of aromatic nitrogens is 2. The summed E-state index contributed by atoms with van der Waals surface area (Å²) >= 11 is 1.29. The predicted octanol–water partition coefficient (Wildman–Crippen LogP) is 3.77. The van der Waals surface area contributed by atoms with Gasteiger partial charge in [0.05, 0.1) is 40.7 Å². The van der Waals surface area contributed by atoms with Gasteiger partial charge in [-0.05, 0) is 24.6 Å². The van der Waals surface area contributed by atoms with Crippen LogP contribution in [0.2, 0.25) is 0 Å². The van der Waals surface area contributed by atoms with Crippen LogP contribution in [0.25, 0.3) is 16.0 Å². The van der Waals surface area contributed by atoms with Crippen LogP contribution in [0.1, 0.15) is 27.0 Å². The number of para-hydroxylation sites is 2. The molecule has 2 aliphatic heterocycles. The first kappa shape index (κ1) is 22.9. The van der Waals surface area contributed by atoms with Crippen molar-refractivity contribution in [3.05, 3.63) is 82.1 Å². The summed E-state index contributed by atoms with van der Waals surface area (Å²) in [4.78, 5) is 37.0. The molecule has 8 nitrogen and oxygen atoms in total. The Morgan fingerprint density at radius 3 is 2.58 bits per heavy atom. The average Bonchev–Trinajstić information content (AvgIpc) is 3.52. The summed E-state index contributed by atoms with van der Waals surface area (Å²) in [6.07, 6.45) is 0. The summed E-state index contributed by atoms with van der Waals surface area (Å²) in [5.74, 6) is -1.31. The number of Topliss-reactive ketones (excluding diaryl/α,β-unsaturated/α-hetero) is 1. The van der Waals surface area contributed by atoms with Gasteiger partial charge >= 0.3 is 0 Å². The van der Waals surface area contributed by atoms with Crippen LogP contribution in [0.3, 0.4) is 0 Å². The maximum Gasteiger partial charge on any atom is 0.290 e. The smallest absolute Gasteiger partial charge is 0.290 e. The van der Waals surface area contributed by atoms with E-state index in [1.807, 2.05) is 65.9 Å². The van der Waals surface area contributed by atoms with Gasteiger partial charge in [-0.15, -0.1) is 0 Å². The standard InChI is InChI=1S/C27H26N4O4S/c1-17-25(36-27-28-19-9-5-6-10-20(19)31(17)27)23(32)21-22(18-7-3-2-4-8-18)30(26(34)24(21)33)12-11-29-13-15-35-16-14-29/h2-10,22,33H,11-16H2,1H3. The van der Waals surface area contributed by atoms with E-state index in [1.165, 1.54) is 11.3 Å². The Labute approximate surface area is 212 Å². The average molecular weight is 503 g/mol. The van der Waals surface area contributed by atoms with E-state index in [1.54, 1.807) is 4.90 Å². The number of aliphatic hydroxyl groups is 1. The second-order valence-corrected chi connectivity index (χ2v) is 10.1. The molecule has 1 fully saturated rings. The SMILES string of the molecule is Cc1c(C(=O)C2=C(O)C(=O)N(CCN3CCOCC3)C2c2ccccc2)sc2nc3ccccc3n12. The zero-order valence-electron chi connectivity index (χ0n) is 19.9. The number of imidazole rings is 1. The molecule has 0 aliphatic carbocycles. The van der Waals surface area contributed by atoms with Crippen LogP contribution in [-0.4, -0.2) is 75.4 Å². The van der Waals surface area contributed by atoms with Crippen LogP contribution in [-0.2, 0) is 9.53 Å². The molecular formula is C27H26N4O4S. The first-order chi connectivity index (χ1) is 17.5. The van der Waals surface area contributed by atoms with Gasteiger partial charge in [-0.2, -0.15) is 0 Å². The number of hydrogen-bond acceptors (Lipinski definition) is 7. The third-order valence-electron chi connectivity index (χ3n) is 7.02. The number of morpholine rings is 1. The molecule has 9 heteroatoms. The second kappa shape index (κ2) is 9.16. The maximum absolute atomic E-state index is 14.0. The lowest BCUT2D eigenvalue weighted by Crippen LogP contribution is -2.43. The molecule has 2 aliphatic rings. The number of nitrogens with zero attached hydrogens (tertiary/aromatic N) is 4. The Morgan fingerprint density at radius 2 is 1.81 bits per heavy atom. The van der Waals surface area contributed by atoms with Crippen LogP contribution in [0.4, 0.5) is 0 Å². The highest BCUT2D eigenvalue weighted by molar-refractivity contribution is 7.19. The number of aliphatic hydroxyl groups excluding tert-OH is 1. The van der Waals surface area contributed by atoms with Gasteiger partial charge in [0.1, 0.15) is 0 Å². The Morgan fingerprint density at radius 1 is 1.08 bits per heavy atom. The molecular weight excluding hydrogens is 476 g/mol. The van der Waals surface area contributed by atoms with Crippen molar-refractivity contribution < 1.29 is 19.4 Å². The van der Waals surface area contributed by atoms with Crippen molar-refractivity contribution in [3.63, 3.8) is 0 Å². The van der Waals surface area contributed by atoms with Crippen LogP contribution in [0.15, 0.2) is 65.9 Å². The van der Waals surface area contributed by atoms with Gasteiger partial charge < -0.3 is 14.7 Å². The molecule has 2 aromatic heterocycles. The number of aryl methyl sites for hydroxylation is 1. The molecule has 4 aromatic rings. The molecule has 0 saturated carbocycles. The minimum absolute atomic E-state index is 0.130. The largest absolute Gasteiger partial charge is 0.503 e. The van der Waals surface area contributed by atoms with Gasteiger partial charge in [0.15, 0.2) is 10.7 Å². The summed E-state index contributed by atoms with van der Waals surface area (Å²) in [6.45, 7) is 5.85. The summed E-state index contributed by atoms with van der Waals surface area (Å²) in [7, 11) is 0. The maximum atomic E-state index is 14.0. The molecule has 4 heterocycles. The number of ketones is 1. The van der Waals surface area contributed by atoms with Gasteiger partial charge in [-0.3, -0.25) is 18.9 Å². The molecule has 1 unspecified atom stereocenters. The quantitative estimate of drug-likeness (QED) is 0.404. The normalized spacial score (nSPS) is 19.2. The van der Waals surface area contributed by atoms with Crippen LogP contribution in [0.5, 0.6) is 0 Å². The zero-order valence-corrected chi connectivity index (χ0v) is 20.7. The zero-order chi connectivity index (χ0) is 24.8. The van der Waals surface area contributed by atoms with E-state index in [2.05, 4.69) is 9.88 Å². The van der Waals surface area contributed by atoms with Crippen LogP contribution in [0, 0.1) is 6.92 Å². The number of amides is 1. The van der Waals surface area contributed by atoms with Crippen molar-refractivity contribution in [2.24, 2.45) is 0 Å². The van der Waals surface area contributed by atoms with E-state index in [0.717, 1.165) is 35.4 Å². The fraction of sp³-hybridized carbons (Fsp3) is 0.296. The van der Waals surface area contributed by atoms with Crippen molar-refractivity contribution in [1.29, 1.82) is 0 Å². The molecule has 184 valence electrons. The lowest BCUT2D eigenvalue weighted by molar-refractivity contribution is -0.129. The number of carbonyl (C=O) groups is 2. The summed E-state index contributed by atoms with van der Waals surface area (Å²) in [5.41, 5.74) is 3.46. The molecule has 1 amide bonds. The molecule has 0 spiro atoms. The lowest BCUT2D eigenvalue weighted by atomic mass is 9.95. The molecule has 2 aromatic carbocycles. The number of carbonyl (C=O) groups excluding carboxylic acids is 2. The third-order valence-corrected chi connectivity index (χ3v) is 8.16. The number of benzene rings is 2. The van der Waals surface area contributed by atoms with E-state index in [9.17, 15) is 14.7 Å². The summed E-state index contributed by atoms with van der Waals surface area (Å²) in [6, 6.07) is 16.6. The van der Waals surface area contributed by atoms with Crippen molar-refractivity contribution in [2.75, 3.05) is 39.4 Å². The Balaban J connectivity index is 1.39. The van der Waals surface area contributed by atoms with Gasteiger partial charge in [-0.1, -0.05) is 53.8 Å². The Hall–Kier alpha value is -3.53. The van der Waals surface area contributed by atoms with Crippen molar-refractivity contribution >= 4 is 39.0 Å². The Bertz CT molecular complexity index is 1500. The predicted molar refractivity (Wildman–Crippen MR) is 137 cm³/mol. The van der Waals surface area contributed by atoms with E-state index >= 15 is 0 Å². The molecule has 1 atom stereocenters. The first-order valence-corrected chi connectivity index (χ1v) is 12.9. The minimum Gasteiger partial charge on any atom is -0.503 e. The third kappa shape index (κ3) is 3.71. The van der Waals surface area contributed by atoms with E-state index in [4.69, 9.17) is 4.74 Å². The lowest BCUT2D eigenvalue weighted by Gasteiger charge is -2.31. The van der Waals surface area contributed by atoms with Crippen molar-refractivity contribution in [3.8, 4) is 0 Å². The number of hydrogen-bond donors (Lipinski definition) is 1. The van der Waals surface area contributed by atoms with Gasteiger partial charge in [0.25, 0.3) is 5.91 Å². The Kier molecular flexibility index (Phi) is 5.83. The highest BCUT2D eigenvalue weighted by Crippen LogP contribution is 2.40. The van der Waals surface area contributed by atoms with Crippen LogP contribution < -0.4 is 0 Å². The fourth-order valence-electron chi connectivity index (χ4n) is 5.17. The number of thiazole rings is 1. The minimum atomic E-state index is -0.655. The molecule has 0 radical (unpaired) electrons. The van der Waals surface area contributed by atoms with E-state index in [0.29, 0.717) is 36.1 Å². The van der Waals surface area contributed by atoms with Gasteiger partial charge in [0, 0.05) is 31.9 Å². The monoisotopic (exact) mass is 502 g/mol. The van der Waals surface area contributed by atoms with Crippen molar-refractivity contribution in [1.82, 2.24) is 19.2 Å². The molecule has 6 rings (SSSR count). The second-order valence-electron chi connectivity index (χ2n) is 9.09. The van der Waals surface area contributed by atoms with Crippen LogP contribution >= 0.6 is 11.3 Å². The molecule has 1 saturated heterocycles. The van der Waals surface area contributed by atoms with E-state index in [-0.39, 0.29) is 11.4 Å². The van der Waals surface area contributed by atoms with Gasteiger partial charge in [-0.25, -0.2) is 4.98 Å². The first-order valence-electron chi connectivity index (χ1n) is 12.0. The molecule has 0 bridgehead atoms. The number of fused-ring (bicyclic) bond motifs is 3. The highest BCUT2D eigenvalue weighted by Gasteiger charge is 2.44. The summed E-state index contributed by atoms with van der Waals surface area (Å²) < 4.78 is 7.40. The summed E-state index contributed by atoms with van der Waals surface area (Å²) in [5, 5.41) is 11.0. The fourth-order valence-corrected chi connectivity index (χ4v) is 6.26. The number of rotatable bonds is 6. The highest BCUT2D eigenvalue weighted by atomic mass is 32.1. The number of ether oxygens (including phenoxy) is 1. The van der Waals surface area contributed by atoms with E-state index < -0.39 is 17.7 Å².